The zero-order valence-electron chi connectivity index (χ0n) is 13.3. The van der Waals surface area contributed by atoms with Crippen molar-refractivity contribution >= 4 is 35.1 Å². The van der Waals surface area contributed by atoms with E-state index >= 15 is 0 Å². The molecular formula is C16H19ClN2O5. The lowest BCUT2D eigenvalue weighted by Gasteiger charge is -2.29. The Kier molecular flexibility index (Phi) is 6.03. The van der Waals surface area contributed by atoms with Gasteiger partial charge in [-0.3, -0.25) is 4.79 Å². The first-order valence-electron chi connectivity index (χ1n) is 7.68. The number of unbranched alkanes of at least 4 members (excludes halogenated alkanes) is 1. The Labute approximate surface area is 144 Å². The van der Waals surface area contributed by atoms with E-state index < -0.39 is 23.9 Å². The van der Waals surface area contributed by atoms with Gasteiger partial charge in [0.1, 0.15) is 12.6 Å². The highest BCUT2D eigenvalue weighted by Crippen LogP contribution is 2.34. The smallest absolute Gasteiger partial charge is 0.331 e. The van der Waals surface area contributed by atoms with E-state index in [1.165, 1.54) is 4.90 Å². The standard InChI is InChI=1S/C16H19ClN2O5/c1-2-3-4-11(16(22)23)18-14(20)8-19-9-15(21)24-13-6-5-10(17)7-12(13)19/h5-7,11H,2-4,8-9H2,1H3,(H,18,20)(H,22,23). The summed E-state index contributed by atoms with van der Waals surface area (Å²) in [6.07, 6.45) is 1.90. The fourth-order valence-corrected chi connectivity index (χ4v) is 2.61. The van der Waals surface area contributed by atoms with Crippen LogP contribution in [0, 0.1) is 0 Å². The van der Waals surface area contributed by atoms with Crippen LogP contribution in [0.15, 0.2) is 18.2 Å². The molecular weight excluding hydrogens is 336 g/mol. The second-order valence-electron chi connectivity index (χ2n) is 5.54. The molecule has 0 aliphatic carbocycles. The number of carbonyl (C=O) groups excluding carboxylic acids is 2. The summed E-state index contributed by atoms with van der Waals surface area (Å²) >= 11 is 5.95. The van der Waals surface area contributed by atoms with E-state index in [1.54, 1.807) is 18.2 Å². The van der Waals surface area contributed by atoms with E-state index in [0.717, 1.165) is 6.42 Å². The molecule has 0 bridgehead atoms. The van der Waals surface area contributed by atoms with Crippen LogP contribution in [0.1, 0.15) is 26.2 Å². The molecule has 2 rings (SSSR count). The van der Waals surface area contributed by atoms with Crippen molar-refractivity contribution in [2.45, 2.75) is 32.2 Å². The van der Waals surface area contributed by atoms with Crippen molar-refractivity contribution in [2.75, 3.05) is 18.0 Å². The molecule has 0 aromatic heterocycles. The van der Waals surface area contributed by atoms with Crippen LogP contribution in [-0.2, 0) is 14.4 Å². The second-order valence-corrected chi connectivity index (χ2v) is 5.98. The van der Waals surface area contributed by atoms with Gasteiger partial charge in [-0.2, -0.15) is 0 Å². The number of carboxylic acids is 1. The third kappa shape index (κ3) is 4.61. The lowest BCUT2D eigenvalue weighted by molar-refractivity contribution is -0.142. The molecule has 7 nitrogen and oxygen atoms in total. The van der Waals surface area contributed by atoms with Crippen molar-refractivity contribution in [3.8, 4) is 5.75 Å². The van der Waals surface area contributed by atoms with Gasteiger partial charge in [-0.1, -0.05) is 31.4 Å². The Balaban J connectivity index is 2.07. The number of ether oxygens (including phenoxy) is 1. The number of benzene rings is 1. The number of anilines is 1. The number of amides is 1. The maximum absolute atomic E-state index is 12.2. The molecule has 1 unspecified atom stereocenters. The molecule has 1 aliphatic rings. The lowest BCUT2D eigenvalue weighted by Crippen LogP contribution is -2.48. The number of nitrogens with one attached hydrogen (secondary N) is 1. The summed E-state index contributed by atoms with van der Waals surface area (Å²) in [5, 5.41) is 12.1. The number of carboxylic acid groups (broad SMARTS) is 1. The van der Waals surface area contributed by atoms with Crippen molar-refractivity contribution in [2.24, 2.45) is 0 Å². The zero-order valence-corrected chi connectivity index (χ0v) is 14.0. The molecule has 1 amide bonds. The monoisotopic (exact) mass is 354 g/mol. The molecule has 0 saturated carbocycles. The SMILES string of the molecule is CCCCC(NC(=O)CN1CC(=O)Oc2ccc(Cl)cc21)C(=O)O. The van der Waals surface area contributed by atoms with E-state index in [-0.39, 0.29) is 13.1 Å². The van der Waals surface area contributed by atoms with Crippen LogP contribution < -0.4 is 15.0 Å². The van der Waals surface area contributed by atoms with Crippen LogP contribution in [0.5, 0.6) is 5.75 Å². The summed E-state index contributed by atoms with van der Waals surface area (Å²) in [5.41, 5.74) is 0.526. The highest BCUT2D eigenvalue weighted by Gasteiger charge is 2.27. The topological polar surface area (TPSA) is 95.9 Å². The predicted octanol–water partition coefficient (Wildman–Crippen LogP) is 1.82. The van der Waals surface area contributed by atoms with Crippen molar-refractivity contribution in [1.29, 1.82) is 0 Å². The minimum Gasteiger partial charge on any atom is -0.480 e. The van der Waals surface area contributed by atoms with Gasteiger partial charge in [0.2, 0.25) is 5.91 Å². The Bertz CT molecular complexity index is 649. The number of rotatable bonds is 7. The summed E-state index contributed by atoms with van der Waals surface area (Å²) < 4.78 is 5.11. The summed E-state index contributed by atoms with van der Waals surface area (Å²) in [4.78, 5) is 36.6. The van der Waals surface area contributed by atoms with Gasteiger partial charge in [-0.15, -0.1) is 0 Å². The molecule has 0 radical (unpaired) electrons. The van der Waals surface area contributed by atoms with E-state index in [1.807, 2.05) is 6.92 Å². The van der Waals surface area contributed by atoms with Crippen molar-refractivity contribution in [3.05, 3.63) is 23.2 Å². The third-order valence-corrected chi connectivity index (χ3v) is 3.85. The Morgan fingerprint density at radius 2 is 2.21 bits per heavy atom. The first-order valence-corrected chi connectivity index (χ1v) is 8.06. The van der Waals surface area contributed by atoms with Gasteiger partial charge < -0.3 is 20.1 Å². The average Bonchev–Trinajstić information content (AvgIpc) is 2.51. The molecule has 1 aliphatic heterocycles. The van der Waals surface area contributed by atoms with E-state index in [0.29, 0.717) is 29.3 Å². The van der Waals surface area contributed by atoms with Crippen LogP contribution in [0.25, 0.3) is 0 Å². The van der Waals surface area contributed by atoms with E-state index in [4.69, 9.17) is 16.3 Å². The van der Waals surface area contributed by atoms with Crippen LogP contribution >= 0.6 is 11.6 Å². The first kappa shape index (κ1) is 18.1. The van der Waals surface area contributed by atoms with Gasteiger partial charge in [-0.05, 0) is 24.6 Å². The molecule has 0 saturated heterocycles. The molecule has 8 heteroatoms. The van der Waals surface area contributed by atoms with E-state index in [9.17, 15) is 19.5 Å². The largest absolute Gasteiger partial charge is 0.480 e. The molecule has 24 heavy (non-hydrogen) atoms. The number of fused-ring (bicyclic) bond motifs is 1. The number of nitrogens with zero attached hydrogens (tertiary/aromatic N) is 1. The third-order valence-electron chi connectivity index (χ3n) is 3.62. The number of hydrogen-bond acceptors (Lipinski definition) is 5. The maximum Gasteiger partial charge on any atom is 0.331 e. The number of carbonyl (C=O) groups is 3. The second kappa shape index (κ2) is 8.01. The summed E-state index contributed by atoms with van der Waals surface area (Å²) in [6, 6.07) is 3.80. The zero-order chi connectivity index (χ0) is 17.7. The van der Waals surface area contributed by atoms with E-state index in [2.05, 4.69) is 5.32 Å². The van der Waals surface area contributed by atoms with Crippen LogP contribution in [0.3, 0.4) is 0 Å². The van der Waals surface area contributed by atoms with Crippen molar-refractivity contribution in [1.82, 2.24) is 5.32 Å². The summed E-state index contributed by atoms with van der Waals surface area (Å²) in [7, 11) is 0. The van der Waals surface area contributed by atoms with Gasteiger partial charge in [0.25, 0.3) is 0 Å². The van der Waals surface area contributed by atoms with Crippen molar-refractivity contribution in [3.63, 3.8) is 0 Å². The fraction of sp³-hybridized carbons (Fsp3) is 0.438. The van der Waals surface area contributed by atoms with Gasteiger partial charge in [0.05, 0.1) is 12.2 Å². The maximum atomic E-state index is 12.2. The van der Waals surface area contributed by atoms with Crippen LogP contribution in [0.4, 0.5) is 5.69 Å². The first-order chi connectivity index (χ1) is 11.4. The molecule has 1 aromatic rings. The molecule has 0 spiro atoms. The van der Waals surface area contributed by atoms with Crippen LogP contribution in [0.2, 0.25) is 5.02 Å². The quantitative estimate of drug-likeness (QED) is 0.573. The molecule has 1 heterocycles. The van der Waals surface area contributed by atoms with Gasteiger partial charge in [0.15, 0.2) is 5.75 Å². The van der Waals surface area contributed by atoms with Gasteiger partial charge >= 0.3 is 11.9 Å². The average molecular weight is 355 g/mol. The summed E-state index contributed by atoms with van der Waals surface area (Å²) in [6.45, 7) is 1.69. The molecule has 1 atom stereocenters. The van der Waals surface area contributed by atoms with Gasteiger partial charge in [0, 0.05) is 5.02 Å². The Morgan fingerprint density at radius 1 is 1.46 bits per heavy atom. The number of aliphatic carboxylic acids is 1. The highest BCUT2D eigenvalue weighted by molar-refractivity contribution is 6.31. The van der Waals surface area contributed by atoms with Crippen molar-refractivity contribution < 1.29 is 24.2 Å². The predicted molar refractivity (Wildman–Crippen MR) is 88.4 cm³/mol. The number of halogens is 1. The molecule has 1 aromatic carbocycles. The molecule has 2 N–H and O–H groups in total. The Morgan fingerprint density at radius 3 is 2.88 bits per heavy atom. The molecule has 130 valence electrons. The van der Waals surface area contributed by atoms with Crippen LogP contribution in [-0.4, -0.2) is 42.1 Å². The number of esters is 1. The number of hydrogen-bond donors (Lipinski definition) is 2. The minimum absolute atomic E-state index is 0.104. The lowest BCUT2D eigenvalue weighted by atomic mass is 10.1. The normalized spacial score (nSPS) is 14.6. The Hall–Kier alpha value is -2.28. The summed E-state index contributed by atoms with van der Waals surface area (Å²) in [5.74, 6) is -1.71. The fourth-order valence-electron chi connectivity index (χ4n) is 2.44. The minimum atomic E-state index is -1.07. The molecule has 0 fully saturated rings. The van der Waals surface area contributed by atoms with Gasteiger partial charge in [-0.25, -0.2) is 9.59 Å². The highest BCUT2D eigenvalue weighted by atomic mass is 35.5.